The summed E-state index contributed by atoms with van der Waals surface area (Å²) in [6.45, 7) is 0.136. The van der Waals surface area contributed by atoms with Crippen molar-refractivity contribution in [3.05, 3.63) is 58.2 Å². The summed E-state index contributed by atoms with van der Waals surface area (Å²) >= 11 is 5.85. The van der Waals surface area contributed by atoms with Crippen LogP contribution in [-0.2, 0) is 4.79 Å². The van der Waals surface area contributed by atoms with Crippen molar-refractivity contribution >= 4 is 23.5 Å². The summed E-state index contributed by atoms with van der Waals surface area (Å²) in [5, 5.41) is 4.92. The van der Waals surface area contributed by atoms with Crippen LogP contribution >= 0.6 is 11.6 Å². The lowest BCUT2D eigenvalue weighted by Gasteiger charge is -2.34. The summed E-state index contributed by atoms with van der Waals surface area (Å²) in [6, 6.07) is 2.77. The van der Waals surface area contributed by atoms with E-state index in [1.807, 2.05) is 0 Å². The van der Waals surface area contributed by atoms with Crippen LogP contribution in [0.4, 0.5) is 26.7 Å². The molecule has 0 saturated carbocycles. The van der Waals surface area contributed by atoms with Gasteiger partial charge in [-0.1, -0.05) is 17.7 Å². The molecular weight excluding hydrogens is 475 g/mol. The number of ether oxygens (including phenoxy) is 1. The highest BCUT2D eigenvalue weighted by molar-refractivity contribution is 6.30. The van der Waals surface area contributed by atoms with E-state index in [-0.39, 0.29) is 35.3 Å². The first-order valence-electron chi connectivity index (χ1n) is 9.62. The summed E-state index contributed by atoms with van der Waals surface area (Å²) < 4.78 is 69.7. The number of halogens is 6. The van der Waals surface area contributed by atoms with E-state index in [9.17, 15) is 31.5 Å². The molecule has 13 heteroatoms. The average Bonchev–Trinajstić information content (AvgIpc) is 2.75. The topological polar surface area (TPSA) is 83.6 Å². The van der Waals surface area contributed by atoms with Crippen molar-refractivity contribution in [3.8, 4) is 5.88 Å². The van der Waals surface area contributed by atoms with E-state index in [4.69, 9.17) is 11.6 Å². The van der Waals surface area contributed by atoms with E-state index in [0.717, 1.165) is 18.2 Å². The minimum Gasteiger partial charge on any atom is -0.466 e. The SMILES string of the molecule is CC1C(=O)NCCN1C(=O)NC(c1ccc(F)c(Cl)c1)c1ccc(F)c(OCC(F)(F)F)n1. The van der Waals surface area contributed by atoms with E-state index in [0.29, 0.717) is 0 Å². The first kappa shape index (κ1) is 24.5. The lowest BCUT2D eigenvalue weighted by Crippen LogP contribution is -2.58. The molecule has 1 saturated heterocycles. The molecule has 1 fully saturated rings. The fourth-order valence-electron chi connectivity index (χ4n) is 3.14. The Bertz CT molecular complexity index is 1050. The van der Waals surface area contributed by atoms with Crippen LogP contribution in [0.3, 0.4) is 0 Å². The Morgan fingerprint density at radius 2 is 2.00 bits per heavy atom. The molecule has 0 aliphatic carbocycles. The van der Waals surface area contributed by atoms with Crippen LogP contribution in [0.5, 0.6) is 5.88 Å². The number of aromatic nitrogens is 1. The molecule has 33 heavy (non-hydrogen) atoms. The number of carbonyl (C=O) groups is 2. The predicted molar refractivity (Wildman–Crippen MR) is 107 cm³/mol. The molecule has 2 atom stereocenters. The Labute approximate surface area is 189 Å². The van der Waals surface area contributed by atoms with Gasteiger partial charge in [-0.3, -0.25) is 4.79 Å². The Morgan fingerprint density at radius 3 is 2.67 bits per heavy atom. The van der Waals surface area contributed by atoms with E-state index < -0.39 is 48.4 Å². The van der Waals surface area contributed by atoms with E-state index >= 15 is 0 Å². The van der Waals surface area contributed by atoms with Gasteiger partial charge in [0.1, 0.15) is 11.9 Å². The second-order valence-corrected chi connectivity index (χ2v) is 7.55. The first-order valence-corrected chi connectivity index (χ1v) is 10.00. The number of pyridine rings is 1. The number of hydrogen-bond acceptors (Lipinski definition) is 4. The molecule has 7 nitrogen and oxygen atoms in total. The van der Waals surface area contributed by atoms with Gasteiger partial charge in [-0.2, -0.15) is 13.2 Å². The van der Waals surface area contributed by atoms with Gasteiger partial charge in [0.2, 0.25) is 5.91 Å². The molecule has 2 heterocycles. The second-order valence-electron chi connectivity index (χ2n) is 7.14. The molecule has 1 aromatic carbocycles. The number of nitrogens with zero attached hydrogens (tertiary/aromatic N) is 2. The van der Waals surface area contributed by atoms with Crippen molar-refractivity contribution in [2.75, 3.05) is 19.7 Å². The maximum absolute atomic E-state index is 14.0. The number of benzene rings is 1. The maximum Gasteiger partial charge on any atom is 0.422 e. The lowest BCUT2D eigenvalue weighted by atomic mass is 10.0. The normalized spacial score (nSPS) is 17.4. The van der Waals surface area contributed by atoms with Crippen molar-refractivity contribution in [2.24, 2.45) is 0 Å². The van der Waals surface area contributed by atoms with Crippen LogP contribution in [0.2, 0.25) is 5.02 Å². The van der Waals surface area contributed by atoms with Gasteiger partial charge in [0.05, 0.1) is 16.8 Å². The van der Waals surface area contributed by atoms with Crippen molar-refractivity contribution in [1.29, 1.82) is 0 Å². The number of piperazine rings is 1. The summed E-state index contributed by atoms with van der Waals surface area (Å²) in [5.41, 5.74) is 0.114. The van der Waals surface area contributed by atoms with Crippen LogP contribution in [-0.4, -0.2) is 53.7 Å². The predicted octanol–water partition coefficient (Wildman–Crippen LogP) is 3.57. The second kappa shape index (κ2) is 9.77. The molecule has 0 radical (unpaired) electrons. The molecule has 2 N–H and O–H groups in total. The molecule has 0 bridgehead atoms. The fraction of sp³-hybridized carbons (Fsp3) is 0.350. The maximum atomic E-state index is 14.0. The van der Waals surface area contributed by atoms with Crippen LogP contribution in [0, 0.1) is 11.6 Å². The van der Waals surface area contributed by atoms with Gasteiger partial charge in [0.25, 0.3) is 5.88 Å². The van der Waals surface area contributed by atoms with E-state index in [1.165, 1.54) is 24.0 Å². The highest BCUT2D eigenvalue weighted by Crippen LogP contribution is 2.28. The molecule has 1 aliphatic rings. The number of carbonyl (C=O) groups excluding carboxylic acids is 2. The number of nitrogens with one attached hydrogen (secondary N) is 2. The van der Waals surface area contributed by atoms with E-state index in [1.54, 1.807) is 0 Å². The Morgan fingerprint density at radius 1 is 1.30 bits per heavy atom. The van der Waals surface area contributed by atoms with Gasteiger partial charge in [-0.05, 0) is 36.8 Å². The molecule has 2 aromatic rings. The third kappa shape index (κ3) is 6.01. The zero-order valence-electron chi connectivity index (χ0n) is 17.0. The van der Waals surface area contributed by atoms with Gasteiger partial charge in [0.15, 0.2) is 12.4 Å². The first-order chi connectivity index (χ1) is 15.5. The number of urea groups is 1. The minimum absolute atomic E-state index is 0.0984. The molecule has 2 unspecified atom stereocenters. The Hall–Kier alpha value is -3.15. The van der Waals surface area contributed by atoms with Crippen LogP contribution in [0.25, 0.3) is 0 Å². The number of alkyl halides is 3. The largest absolute Gasteiger partial charge is 0.466 e. The van der Waals surface area contributed by atoms with Crippen LogP contribution in [0.1, 0.15) is 24.2 Å². The fourth-order valence-corrected chi connectivity index (χ4v) is 3.33. The lowest BCUT2D eigenvalue weighted by molar-refractivity contribution is -0.154. The molecule has 1 aliphatic heterocycles. The summed E-state index contributed by atoms with van der Waals surface area (Å²) in [4.78, 5) is 29.8. The number of rotatable bonds is 5. The van der Waals surface area contributed by atoms with E-state index in [2.05, 4.69) is 20.4 Å². The van der Waals surface area contributed by atoms with Gasteiger partial charge < -0.3 is 20.3 Å². The number of amides is 3. The quantitative estimate of drug-likeness (QED) is 0.625. The summed E-state index contributed by atoms with van der Waals surface area (Å²) in [5.74, 6) is -3.19. The highest BCUT2D eigenvalue weighted by Gasteiger charge is 2.32. The van der Waals surface area contributed by atoms with Crippen LogP contribution in [0.15, 0.2) is 30.3 Å². The molecule has 0 spiro atoms. The summed E-state index contributed by atoms with van der Waals surface area (Å²) in [7, 11) is 0. The Kier molecular flexibility index (Phi) is 7.25. The molecule has 178 valence electrons. The van der Waals surface area contributed by atoms with Gasteiger partial charge in [-0.15, -0.1) is 0 Å². The van der Waals surface area contributed by atoms with Gasteiger partial charge >= 0.3 is 12.2 Å². The van der Waals surface area contributed by atoms with Crippen molar-refractivity contribution in [1.82, 2.24) is 20.5 Å². The van der Waals surface area contributed by atoms with Crippen molar-refractivity contribution in [2.45, 2.75) is 25.2 Å². The standard InChI is InChI=1S/C20H18ClF5N4O3/c1-10-17(31)27-6-7-30(10)19(32)29-16(11-2-3-13(22)12(21)8-11)15-5-4-14(23)18(28-15)33-9-20(24,25)26/h2-5,8,10,16H,6-7,9H2,1H3,(H,27,31)(H,29,32). The molecule has 1 aromatic heterocycles. The van der Waals surface area contributed by atoms with Crippen molar-refractivity contribution < 1.29 is 36.3 Å². The van der Waals surface area contributed by atoms with Crippen LogP contribution < -0.4 is 15.4 Å². The summed E-state index contributed by atoms with van der Waals surface area (Å²) in [6.07, 6.45) is -4.73. The highest BCUT2D eigenvalue weighted by atomic mass is 35.5. The monoisotopic (exact) mass is 492 g/mol. The zero-order chi connectivity index (χ0) is 24.3. The number of hydrogen-bond donors (Lipinski definition) is 2. The smallest absolute Gasteiger partial charge is 0.422 e. The Balaban J connectivity index is 1.96. The average molecular weight is 493 g/mol. The third-order valence-corrected chi connectivity index (χ3v) is 5.10. The van der Waals surface area contributed by atoms with Gasteiger partial charge in [0, 0.05) is 13.1 Å². The molecule has 3 amide bonds. The molecule has 3 rings (SSSR count). The minimum atomic E-state index is -4.73. The third-order valence-electron chi connectivity index (χ3n) is 4.81. The van der Waals surface area contributed by atoms with Crippen molar-refractivity contribution in [3.63, 3.8) is 0 Å². The van der Waals surface area contributed by atoms with Gasteiger partial charge in [-0.25, -0.2) is 18.6 Å². The zero-order valence-corrected chi connectivity index (χ0v) is 17.8. The molecular formula is C20H18ClF5N4O3.